The first-order chi connectivity index (χ1) is 4.62. The maximum absolute atomic E-state index is 5.40. The van der Waals surface area contributed by atoms with Crippen molar-refractivity contribution >= 4 is 11.8 Å². The summed E-state index contributed by atoms with van der Waals surface area (Å²) < 4.78 is 9.76. The van der Waals surface area contributed by atoms with E-state index in [4.69, 9.17) is 16.5 Å². The third-order valence-electron chi connectivity index (χ3n) is 0.920. The van der Waals surface area contributed by atoms with Crippen molar-refractivity contribution < 1.29 is 9.47 Å². The molecule has 0 bridgehead atoms. The number of hydrogen-bond donors (Lipinski definition) is 1. The molecule has 0 amide bonds. The van der Waals surface area contributed by atoms with Crippen molar-refractivity contribution in [2.45, 2.75) is 19.4 Å². The highest BCUT2D eigenvalue weighted by molar-refractivity contribution is 6.13. The highest BCUT2D eigenvalue weighted by atomic mass is 35.5. The van der Waals surface area contributed by atoms with Crippen molar-refractivity contribution in [3.05, 3.63) is 0 Å². The molecule has 0 radical (unpaired) electrons. The molecule has 4 heteroatoms. The van der Waals surface area contributed by atoms with Crippen LogP contribution in [0, 0.1) is 0 Å². The molecule has 0 unspecified atom stereocenters. The van der Waals surface area contributed by atoms with Crippen LogP contribution in [0.15, 0.2) is 0 Å². The van der Waals surface area contributed by atoms with Gasteiger partial charge >= 0.3 is 0 Å². The van der Waals surface area contributed by atoms with E-state index in [0.29, 0.717) is 13.4 Å². The SMILES string of the molecule is COCOCC(C)(C)NCl. The first kappa shape index (κ1) is 10.2. The molecular weight excluding hydrogens is 154 g/mol. The van der Waals surface area contributed by atoms with Gasteiger partial charge in [-0.25, -0.2) is 4.84 Å². The molecule has 10 heavy (non-hydrogen) atoms. The Morgan fingerprint density at radius 3 is 2.50 bits per heavy atom. The monoisotopic (exact) mass is 167 g/mol. The quantitative estimate of drug-likeness (QED) is 0.378. The zero-order valence-electron chi connectivity index (χ0n) is 6.61. The zero-order chi connectivity index (χ0) is 8.04. The summed E-state index contributed by atoms with van der Waals surface area (Å²) in [5.74, 6) is 0. The third-order valence-corrected chi connectivity index (χ3v) is 1.43. The lowest BCUT2D eigenvalue weighted by Gasteiger charge is -2.21. The fraction of sp³-hybridized carbons (Fsp3) is 1.00. The van der Waals surface area contributed by atoms with Gasteiger partial charge in [0.15, 0.2) is 0 Å². The topological polar surface area (TPSA) is 30.5 Å². The molecule has 0 atom stereocenters. The summed E-state index contributed by atoms with van der Waals surface area (Å²) >= 11 is 5.40. The summed E-state index contributed by atoms with van der Waals surface area (Å²) in [5.41, 5.74) is -0.194. The molecule has 1 N–H and O–H groups in total. The molecule has 0 fully saturated rings. The number of nitrogens with one attached hydrogen (secondary N) is 1. The van der Waals surface area contributed by atoms with E-state index in [2.05, 4.69) is 9.57 Å². The maximum atomic E-state index is 5.40. The fourth-order valence-electron chi connectivity index (χ4n) is 0.407. The standard InChI is InChI=1S/C6H14ClNO2/c1-6(2,8-7)4-10-5-9-3/h8H,4-5H2,1-3H3. The van der Waals surface area contributed by atoms with E-state index in [1.165, 1.54) is 0 Å². The molecule has 0 aliphatic heterocycles. The third kappa shape index (κ3) is 4.99. The molecule has 0 rings (SSSR count). The van der Waals surface area contributed by atoms with Crippen LogP contribution >= 0.6 is 11.8 Å². The van der Waals surface area contributed by atoms with Gasteiger partial charge in [-0.15, -0.1) is 0 Å². The Bertz CT molecular complexity index is 87.8. The van der Waals surface area contributed by atoms with Gasteiger partial charge in [0.05, 0.1) is 12.1 Å². The highest BCUT2D eigenvalue weighted by Gasteiger charge is 2.15. The largest absolute Gasteiger partial charge is 0.359 e. The minimum atomic E-state index is -0.194. The van der Waals surface area contributed by atoms with E-state index in [1.807, 2.05) is 13.8 Å². The molecule has 62 valence electrons. The van der Waals surface area contributed by atoms with Gasteiger partial charge in [0, 0.05) is 7.11 Å². The molecule has 0 aromatic heterocycles. The van der Waals surface area contributed by atoms with Crippen LogP contribution in [0.1, 0.15) is 13.8 Å². The van der Waals surface area contributed by atoms with Gasteiger partial charge in [0.2, 0.25) is 0 Å². The van der Waals surface area contributed by atoms with Gasteiger partial charge in [-0.3, -0.25) is 0 Å². The van der Waals surface area contributed by atoms with Gasteiger partial charge in [-0.2, -0.15) is 0 Å². The summed E-state index contributed by atoms with van der Waals surface area (Å²) in [6.07, 6.45) is 0. The second-order valence-corrected chi connectivity index (χ2v) is 2.92. The molecule has 3 nitrogen and oxygen atoms in total. The molecular formula is C6H14ClNO2. The fourth-order valence-corrected chi connectivity index (χ4v) is 0.462. The van der Waals surface area contributed by atoms with E-state index in [1.54, 1.807) is 7.11 Å². The van der Waals surface area contributed by atoms with Crippen LogP contribution in [0.3, 0.4) is 0 Å². The first-order valence-corrected chi connectivity index (χ1v) is 3.44. The average Bonchev–Trinajstić information content (AvgIpc) is 1.89. The minimum absolute atomic E-state index is 0.194. The number of rotatable bonds is 5. The summed E-state index contributed by atoms with van der Waals surface area (Å²) in [6, 6.07) is 0. The summed E-state index contributed by atoms with van der Waals surface area (Å²) in [6.45, 7) is 4.72. The molecule has 0 aromatic carbocycles. The number of methoxy groups -OCH3 is 1. The lowest BCUT2D eigenvalue weighted by molar-refractivity contribution is -0.0457. The molecule has 0 saturated carbocycles. The average molecular weight is 168 g/mol. The van der Waals surface area contributed by atoms with Gasteiger partial charge in [-0.05, 0) is 25.6 Å². The van der Waals surface area contributed by atoms with Crippen LogP contribution < -0.4 is 4.84 Å². The van der Waals surface area contributed by atoms with E-state index >= 15 is 0 Å². The van der Waals surface area contributed by atoms with Crippen molar-refractivity contribution in [1.82, 2.24) is 4.84 Å². The summed E-state index contributed by atoms with van der Waals surface area (Å²) in [5, 5.41) is 0. The molecule has 0 heterocycles. The highest BCUT2D eigenvalue weighted by Crippen LogP contribution is 2.02. The Kier molecular flexibility index (Phi) is 4.99. The van der Waals surface area contributed by atoms with Crippen LogP contribution in [0.2, 0.25) is 0 Å². The predicted molar refractivity (Wildman–Crippen MR) is 40.9 cm³/mol. The Balaban J connectivity index is 3.28. The van der Waals surface area contributed by atoms with Gasteiger partial charge in [0.1, 0.15) is 6.79 Å². The molecule has 0 aromatic rings. The zero-order valence-corrected chi connectivity index (χ0v) is 7.36. The minimum Gasteiger partial charge on any atom is -0.359 e. The summed E-state index contributed by atoms with van der Waals surface area (Å²) in [7, 11) is 1.58. The first-order valence-electron chi connectivity index (χ1n) is 3.07. The van der Waals surface area contributed by atoms with Crippen molar-refractivity contribution in [1.29, 1.82) is 0 Å². The maximum Gasteiger partial charge on any atom is 0.146 e. The van der Waals surface area contributed by atoms with Crippen molar-refractivity contribution in [3.8, 4) is 0 Å². The van der Waals surface area contributed by atoms with Crippen LogP contribution in [0.5, 0.6) is 0 Å². The normalized spacial score (nSPS) is 12.0. The van der Waals surface area contributed by atoms with Crippen molar-refractivity contribution in [2.24, 2.45) is 0 Å². The van der Waals surface area contributed by atoms with Crippen LogP contribution in [0.25, 0.3) is 0 Å². The molecule has 0 saturated heterocycles. The lowest BCUT2D eigenvalue weighted by Crippen LogP contribution is -2.37. The molecule has 0 aliphatic rings. The van der Waals surface area contributed by atoms with Gasteiger partial charge < -0.3 is 9.47 Å². The molecule has 0 aliphatic carbocycles. The number of hydrogen-bond acceptors (Lipinski definition) is 3. The second-order valence-electron chi connectivity index (χ2n) is 2.73. The Labute approximate surface area is 66.8 Å². The van der Waals surface area contributed by atoms with E-state index in [0.717, 1.165) is 0 Å². The van der Waals surface area contributed by atoms with Gasteiger partial charge in [0.25, 0.3) is 0 Å². The smallest absolute Gasteiger partial charge is 0.146 e. The Morgan fingerprint density at radius 1 is 1.50 bits per heavy atom. The van der Waals surface area contributed by atoms with Crippen LogP contribution in [0.4, 0.5) is 0 Å². The summed E-state index contributed by atoms with van der Waals surface area (Å²) in [4.78, 5) is 2.59. The van der Waals surface area contributed by atoms with Crippen molar-refractivity contribution in [3.63, 3.8) is 0 Å². The van der Waals surface area contributed by atoms with Crippen LogP contribution in [-0.4, -0.2) is 26.0 Å². The number of halogens is 1. The van der Waals surface area contributed by atoms with Crippen molar-refractivity contribution in [2.75, 3.05) is 20.5 Å². The number of ether oxygens (including phenoxy) is 2. The lowest BCUT2D eigenvalue weighted by atomic mass is 10.1. The predicted octanol–water partition coefficient (Wildman–Crippen LogP) is 1.13. The Morgan fingerprint density at radius 2 is 2.10 bits per heavy atom. The van der Waals surface area contributed by atoms with E-state index < -0.39 is 0 Å². The second kappa shape index (κ2) is 4.91. The van der Waals surface area contributed by atoms with Crippen LogP contribution in [-0.2, 0) is 9.47 Å². The molecule has 0 spiro atoms. The Hall–Kier alpha value is 0.170. The van der Waals surface area contributed by atoms with E-state index in [-0.39, 0.29) is 5.54 Å². The van der Waals surface area contributed by atoms with E-state index in [9.17, 15) is 0 Å². The van der Waals surface area contributed by atoms with Gasteiger partial charge in [-0.1, -0.05) is 0 Å².